The Kier molecular flexibility index (Phi) is 5.38. The van der Waals surface area contributed by atoms with Crippen molar-refractivity contribution in [1.82, 2.24) is 4.90 Å². The molecule has 1 fully saturated rings. The van der Waals surface area contributed by atoms with Crippen molar-refractivity contribution in [2.75, 3.05) is 36.9 Å². The number of hydrogen-bond acceptors (Lipinski definition) is 5. The monoisotopic (exact) mass is 252 g/mol. The predicted molar refractivity (Wildman–Crippen MR) is 65.8 cm³/mol. The van der Waals surface area contributed by atoms with Crippen molar-refractivity contribution in [3.05, 3.63) is 0 Å². The molecule has 90 valence electrons. The molecule has 1 atom stereocenters. The lowest BCUT2D eigenvalue weighted by molar-refractivity contribution is 0.268. The molecular weight excluding hydrogens is 232 g/mol. The molecular formula is C9H20N2O2S2. The van der Waals surface area contributed by atoms with Crippen molar-refractivity contribution in [3.8, 4) is 0 Å². The van der Waals surface area contributed by atoms with E-state index in [0.717, 1.165) is 25.3 Å². The second-order valence-corrected chi connectivity index (χ2v) is 7.26. The van der Waals surface area contributed by atoms with Gasteiger partial charge >= 0.3 is 0 Å². The molecule has 1 saturated heterocycles. The molecule has 6 heteroatoms. The van der Waals surface area contributed by atoms with E-state index in [9.17, 15) is 8.42 Å². The van der Waals surface area contributed by atoms with E-state index in [4.69, 9.17) is 5.73 Å². The van der Waals surface area contributed by atoms with Gasteiger partial charge < -0.3 is 5.73 Å². The summed E-state index contributed by atoms with van der Waals surface area (Å²) >= 11 is 1.73. The van der Waals surface area contributed by atoms with Crippen LogP contribution in [0.4, 0.5) is 0 Å². The highest BCUT2D eigenvalue weighted by Crippen LogP contribution is 2.21. The lowest BCUT2D eigenvalue weighted by atomic mass is 10.3. The van der Waals surface area contributed by atoms with Crippen molar-refractivity contribution in [1.29, 1.82) is 0 Å². The summed E-state index contributed by atoms with van der Waals surface area (Å²) in [5.74, 6) is 1.97. The Balaban J connectivity index is 2.65. The smallest absolute Gasteiger partial charge is 0.166 e. The van der Waals surface area contributed by atoms with Crippen LogP contribution in [0, 0.1) is 0 Å². The normalized spacial score (nSPS) is 24.3. The van der Waals surface area contributed by atoms with Crippen LogP contribution >= 0.6 is 11.8 Å². The van der Waals surface area contributed by atoms with Crippen LogP contribution in [0.1, 0.15) is 13.3 Å². The second-order valence-electron chi connectivity index (χ2n) is 3.66. The first kappa shape index (κ1) is 13.3. The minimum Gasteiger partial charge on any atom is -0.330 e. The van der Waals surface area contributed by atoms with Gasteiger partial charge in [-0.1, -0.05) is 6.92 Å². The molecule has 1 unspecified atom stereocenters. The van der Waals surface area contributed by atoms with E-state index in [1.165, 1.54) is 0 Å². The number of thioether (sulfide) groups is 1. The Morgan fingerprint density at radius 1 is 1.53 bits per heavy atom. The van der Waals surface area contributed by atoms with Crippen molar-refractivity contribution < 1.29 is 8.42 Å². The van der Waals surface area contributed by atoms with Gasteiger partial charge in [-0.25, -0.2) is 8.42 Å². The largest absolute Gasteiger partial charge is 0.330 e. The zero-order chi connectivity index (χ0) is 11.3. The molecule has 0 amide bonds. The fourth-order valence-corrected chi connectivity index (χ4v) is 4.80. The fraction of sp³-hybridized carbons (Fsp3) is 1.00. The number of rotatable bonds is 5. The second kappa shape index (κ2) is 6.08. The molecule has 4 nitrogen and oxygen atoms in total. The van der Waals surface area contributed by atoms with Gasteiger partial charge in [0.2, 0.25) is 0 Å². The van der Waals surface area contributed by atoms with Crippen LogP contribution in [0.15, 0.2) is 0 Å². The molecule has 1 aliphatic rings. The Labute approximate surface area is 96.5 Å². The van der Waals surface area contributed by atoms with Gasteiger partial charge in [0.25, 0.3) is 0 Å². The van der Waals surface area contributed by atoms with Crippen LogP contribution < -0.4 is 5.73 Å². The summed E-state index contributed by atoms with van der Waals surface area (Å²) in [5, 5.41) is -0.284. The summed E-state index contributed by atoms with van der Waals surface area (Å²) in [6.07, 6.45) is 0.875. The van der Waals surface area contributed by atoms with Gasteiger partial charge in [-0.3, -0.25) is 4.90 Å². The first-order valence-corrected chi connectivity index (χ1v) is 8.22. The molecule has 0 aromatic carbocycles. The quantitative estimate of drug-likeness (QED) is 0.754. The number of hydrogen-bond donors (Lipinski definition) is 1. The van der Waals surface area contributed by atoms with E-state index in [0.29, 0.717) is 12.3 Å². The van der Waals surface area contributed by atoms with Gasteiger partial charge in [0.15, 0.2) is 9.84 Å². The molecule has 1 heterocycles. The van der Waals surface area contributed by atoms with Crippen molar-refractivity contribution in [3.63, 3.8) is 0 Å². The summed E-state index contributed by atoms with van der Waals surface area (Å²) < 4.78 is 23.7. The van der Waals surface area contributed by atoms with E-state index in [1.54, 1.807) is 18.7 Å². The Morgan fingerprint density at radius 2 is 2.27 bits per heavy atom. The summed E-state index contributed by atoms with van der Waals surface area (Å²) in [5.41, 5.74) is 5.45. The number of nitrogens with zero attached hydrogens (tertiary/aromatic N) is 1. The van der Waals surface area contributed by atoms with Gasteiger partial charge in [-0.15, -0.1) is 0 Å². The standard InChI is InChI=1S/C9H20N2O2S2/c1-2-15(12,13)9-8-14-7-6-11(9)5-3-4-10/h9H,2-8,10H2,1H3. The summed E-state index contributed by atoms with van der Waals surface area (Å²) in [6, 6.07) is 0. The third kappa shape index (κ3) is 3.62. The van der Waals surface area contributed by atoms with Gasteiger partial charge in [0, 0.05) is 30.3 Å². The lowest BCUT2D eigenvalue weighted by Gasteiger charge is -2.34. The summed E-state index contributed by atoms with van der Waals surface area (Å²) in [7, 11) is -2.94. The van der Waals surface area contributed by atoms with E-state index in [-0.39, 0.29) is 11.1 Å². The van der Waals surface area contributed by atoms with E-state index < -0.39 is 9.84 Å². The molecule has 0 spiro atoms. The first-order valence-electron chi connectivity index (χ1n) is 5.35. The topological polar surface area (TPSA) is 63.4 Å². The van der Waals surface area contributed by atoms with Crippen LogP contribution in [0.3, 0.4) is 0 Å². The van der Waals surface area contributed by atoms with Crippen LogP contribution in [0.5, 0.6) is 0 Å². The highest BCUT2D eigenvalue weighted by molar-refractivity contribution is 8.01. The molecule has 1 rings (SSSR count). The van der Waals surface area contributed by atoms with Crippen LogP contribution in [0.25, 0.3) is 0 Å². The predicted octanol–water partition coefficient (Wildman–Crippen LogP) is 0.145. The lowest BCUT2D eigenvalue weighted by Crippen LogP contribution is -2.48. The molecule has 2 N–H and O–H groups in total. The van der Waals surface area contributed by atoms with E-state index in [1.807, 2.05) is 0 Å². The van der Waals surface area contributed by atoms with Gasteiger partial charge in [0.05, 0.1) is 0 Å². The molecule has 0 aromatic rings. The maximum absolute atomic E-state index is 11.8. The molecule has 1 aliphatic heterocycles. The zero-order valence-electron chi connectivity index (χ0n) is 9.18. The molecule has 0 saturated carbocycles. The van der Waals surface area contributed by atoms with Crippen molar-refractivity contribution in [2.24, 2.45) is 5.73 Å². The van der Waals surface area contributed by atoms with Gasteiger partial charge in [0.1, 0.15) is 5.37 Å². The third-order valence-electron chi connectivity index (χ3n) is 2.66. The highest BCUT2D eigenvalue weighted by atomic mass is 32.2. The Bertz CT molecular complexity index is 280. The zero-order valence-corrected chi connectivity index (χ0v) is 10.8. The minimum absolute atomic E-state index is 0.233. The fourth-order valence-electron chi connectivity index (χ4n) is 1.69. The highest BCUT2D eigenvalue weighted by Gasteiger charge is 2.31. The van der Waals surface area contributed by atoms with Crippen molar-refractivity contribution in [2.45, 2.75) is 18.7 Å². The summed E-state index contributed by atoms with van der Waals surface area (Å²) in [4.78, 5) is 2.07. The molecule has 15 heavy (non-hydrogen) atoms. The number of nitrogens with two attached hydrogens (primary N) is 1. The maximum Gasteiger partial charge on any atom is 0.166 e. The third-order valence-corrected chi connectivity index (χ3v) is 5.99. The maximum atomic E-state index is 11.8. The Morgan fingerprint density at radius 3 is 2.87 bits per heavy atom. The van der Waals surface area contributed by atoms with Crippen molar-refractivity contribution >= 4 is 21.6 Å². The SMILES string of the molecule is CCS(=O)(=O)C1CSCCN1CCCN. The first-order chi connectivity index (χ1) is 7.11. The average molecular weight is 252 g/mol. The van der Waals surface area contributed by atoms with Crippen LogP contribution in [-0.2, 0) is 9.84 Å². The average Bonchev–Trinajstić information content (AvgIpc) is 2.26. The molecule has 0 aromatic heterocycles. The van der Waals surface area contributed by atoms with Crippen LogP contribution in [-0.4, -0.2) is 55.6 Å². The molecule has 0 radical (unpaired) electrons. The minimum atomic E-state index is -2.94. The molecule has 0 bridgehead atoms. The number of sulfone groups is 1. The Hall–Kier alpha value is 0.220. The van der Waals surface area contributed by atoms with E-state index >= 15 is 0 Å². The van der Waals surface area contributed by atoms with Crippen LogP contribution in [0.2, 0.25) is 0 Å². The van der Waals surface area contributed by atoms with Gasteiger partial charge in [-0.2, -0.15) is 11.8 Å². The van der Waals surface area contributed by atoms with E-state index in [2.05, 4.69) is 4.90 Å². The summed E-state index contributed by atoms with van der Waals surface area (Å²) in [6.45, 7) is 4.02. The van der Waals surface area contributed by atoms with Gasteiger partial charge in [-0.05, 0) is 13.0 Å². The molecule has 0 aliphatic carbocycles.